The van der Waals surface area contributed by atoms with Crippen molar-refractivity contribution in [3.8, 4) is 0 Å². The van der Waals surface area contributed by atoms with Gasteiger partial charge in [0.2, 0.25) is 0 Å². The van der Waals surface area contributed by atoms with E-state index in [9.17, 15) is 4.79 Å². The molecule has 1 aromatic heterocycles. The molecule has 4 heteroatoms. The number of hydrogen-bond donors (Lipinski definition) is 1. The minimum Gasteiger partial charge on any atom is -0.481 e. The number of carbonyl (C=O) groups is 1. The molecule has 1 N–H and O–H groups in total. The Labute approximate surface area is 94.7 Å². The van der Waals surface area contributed by atoms with Crippen LogP contribution in [-0.4, -0.2) is 21.0 Å². The minimum atomic E-state index is -0.658. The van der Waals surface area contributed by atoms with Gasteiger partial charge in [0.25, 0.3) is 0 Å². The van der Waals surface area contributed by atoms with Crippen LogP contribution >= 0.6 is 0 Å². The van der Waals surface area contributed by atoms with Crippen LogP contribution in [0.4, 0.5) is 0 Å². The zero-order chi connectivity index (χ0) is 11.5. The molecule has 0 atom stereocenters. The zero-order valence-electron chi connectivity index (χ0n) is 9.39. The van der Waals surface area contributed by atoms with Crippen LogP contribution in [0.3, 0.4) is 0 Å². The first-order chi connectivity index (χ1) is 7.68. The first-order valence-corrected chi connectivity index (χ1v) is 5.69. The molecule has 0 saturated heterocycles. The molecule has 1 fully saturated rings. The number of aryl methyl sites for hydroxylation is 1. The molecule has 1 aromatic rings. The van der Waals surface area contributed by atoms with Crippen LogP contribution in [0.15, 0.2) is 12.4 Å². The van der Waals surface area contributed by atoms with Gasteiger partial charge in [-0.05, 0) is 32.6 Å². The molecule has 86 valence electrons. The Hall–Kier alpha value is -1.45. The molecule has 16 heavy (non-hydrogen) atoms. The Morgan fingerprint density at radius 2 is 1.88 bits per heavy atom. The monoisotopic (exact) mass is 220 g/mol. The van der Waals surface area contributed by atoms with Crippen LogP contribution in [0.1, 0.15) is 43.0 Å². The predicted octanol–water partition coefficient (Wildman–Crippen LogP) is 2.14. The topological polar surface area (TPSA) is 63.1 Å². The number of aromatic nitrogens is 2. The SMILES string of the molecule is Cc1nccnc1C1CCC(C(=O)O)CC1. The van der Waals surface area contributed by atoms with Gasteiger partial charge in [0.05, 0.1) is 17.3 Å². The Balaban J connectivity index is 2.05. The fraction of sp³-hybridized carbons (Fsp3) is 0.583. The maximum Gasteiger partial charge on any atom is 0.306 e. The average molecular weight is 220 g/mol. The summed E-state index contributed by atoms with van der Waals surface area (Å²) in [5.41, 5.74) is 2.02. The summed E-state index contributed by atoms with van der Waals surface area (Å²) in [6.45, 7) is 1.96. The molecular weight excluding hydrogens is 204 g/mol. The first kappa shape index (κ1) is 11.0. The van der Waals surface area contributed by atoms with E-state index in [4.69, 9.17) is 5.11 Å². The summed E-state index contributed by atoms with van der Waals surface area (Å²) in [6, 6.07) is 0. The van der Waals surface area contributed by atoms with Crippen molar-refractivity contribution in [2.24, 2.45) is 5.92 Å². The molecule has 2 rings (SSSR count). The van der Waals surface area contributed by atoms with Crippen LogP contribution in [-0.2, 0) is 4.79 Å². The fourth-order valence-electron chi connectivity index (χ4n) is 2.43. The second-order valence-electron chi connectivity index (χ2n) is 4.41. The predicted molar refractivity (Wildman–Crippen MR) is 59.1 cm³/mol. The summed E-state index contributed by atoms with van der Waals surface area (Å²) in [7, 11) is 0. The Morgan fingerprint density at radius 1 is 1.25 bits per heavy atom. The van der Waals surface area contributed by atoms with E-state index in [1.165, 1.54) is 0 Å². The van der Waals surface area contributed by atoms with E-state index in [2.05, 4.69) is 9.97 Å². The Morgan fingerprint density at radius 3 is 2.44 bits per heavy atom. The molecule has 1 saturated carbocycles. The highest BCUT2D eigenvalue weighted by molar-refractivity contribution is 5.70. The van der Waals surface area contributed by atoms with Gasteiger partial charge in [0.15, 0.2) is 0 Å². The zero-order valence-corrected chi connectivity index (χ0v) is 9.39. The summed E-state index contributed by atoms with van der Waals surface area (Å²) >= 11 is 0. The van der Waals surface area contributed by atoms with Gasteiger partial charge in [-0.3, -0.25) is 14.8 Å². The van der Waals surface area contributed by atoms with Crippen molar-refractivity contribution in [2.45, 2.75) is 38.5 Å². The van der Waals surface area contributed by atoms with Crippen LogP contribution in [0.5, 0.6) is 0 Å². The lowest BCUT2D eigenvalue weighted by Crippen LogP contribution is -2.21. The summed E-state index contributed by atoms with van der Waals surface area (Å²) < 4.78 is 0. The third-order valence-corrected chi connectivity index (χ3v) is 3.38. The van der Waals surface area contributed by atoms with E-state index in [1.807, 2.05) is 6.92 Å². The molecule has 0 bridgehead atoms. The lowest BCUT2D eigenvalue weighted by atomic mass is 9.80. The molecule has 0 aromatic carbocycles. The van der Waals surface area contributed by atoms with Crippen molar-refractivity contribution in [1.29, 1.82) is 0 Å². The van der Waals surface area contributed by atoms with Crippen LogP contribution < -0.4 is 0 Å². The Bertz CT molecular complexity index is 384. The van der Waals surface area contributed by atoms with Gasteiger partial charge < -0.3 is 5.11 Å². The van der Waals surface area contributed by atoms with Crippen molar-refractivity contribution in [3.05, 3.63) is 23.8 Å². The number of hydrogen-bond acceptors (Lipinski definition) is 3. The molecule has 1 aliphatic carbocycles. The lowest BCUT2D eigenvalue weighted by molar-refractivity contribution is -0.142. The van der Waals surface area contributed by atoms with Crippen LogP contribution in [0, 0.1) is 12.8 Å². The van der Waals surface area contributed by atoms with Crippen molar-refractivity contribution in [2.75, 3.05) is 0 Å². The van der Waals surface area contributed by atoms with E-state index >= 15 is 0 Å². The normalized spacial score (nSPS) is 25.3. The Kier molecular flexibility index (Phi) is 3.17. The van der Waals surface area contributed by atoms with E-state index < -0.39 is 5.97 Å². The third kappa shape index (κ3) is 2.21. The smallest absolute Gasteiger partial charge is 0.306 e. The maximum absolute atomic E-state index is 10.8. The number of aliphatic carboxylic acids is 1. The summed E-state index contributed by atoms with van der Waals surface area (Å²) in [5.74, 6) is -0.424. The standard InChI is InChI=1S/C12H16N2O2/c1-8-11(14-7-6-13-8)9-2-4-10(5-3-9)12(15)16/h6-7,9-10H,2-5H2,1H3,(H,15,16). The van der Waals surface area contributed by atoms with Crippen molar-refractivity contribution in [1.82, 2.24) is 9.97 Å². The van der Waals surface area contributed by atoms with Crippen LogP contribution in [0.2, 0.25) is 0 Å². The van der Waals surface area contributed by atoms with Gasteiger partial charge in [-0.25, -0.2) is 0 Å². The second-order valence-corrected chi connectivity index (χ2v) is 4.41. The summed E-state index contributed by atoms with van der Waals surface area (Å²) in [6.07, 6.45) is 6.76. The lowest BCUT2D eigenvalue weighted by Gasteiger charge is -2.26. The second kappa shape index (κ2) is 4.60. The number of carboxylic acid groups (broad SMARTS) is 1. The molecule has 0 amide bonds. The van der Waals surface area contributed by atoms with E-state index in [1.54, 1.807) is 12.4 Å². The maximum atomic E-state index is 10.8. The molecule has 0 unspecified atom stereocenters. The van der Waals surface area contributed by atoms with Gasteiger partial charge in [-0.15, -0.1) is 0 Å². The van der Waals surface area contributed by atoms with Gasteiger partial charge in [0.1, 0.15) is 0 Å². The van der Waals surface area contributed by atoms with E-state index in [0.29, 0.717) is 5.92 Å². The number of carboxylic acids is 1. The molecule has 1 aliphatic rings. The van der Waals surface area contributed by atoms with E-state index in [0.717, 1.165) is 37.1 Å². The van der Waals surface area contributed by atoms with Crippen LogP contribution in [0.25, 0.3) is 0 Å². The molecule has 4 nitrogen and oxygen atoms in total. The molecular formula is C12H16N2O2. The van der Waals surface area contributed by atoms with Crippen molar-refractivity contribution < 1.29 is 9.90 Å². The van der Waals surface area contributed by atoms with Crippen molar-refractivity contribution in [3.63, 3.8) is 0 Å². The third-order valence-electron chi connectivity index (χ3n) is 3.38. The molecule has 1 heterocycles. The highest BCUT2D eigenvalue weighted by Gasteiger charge is 2.28. The molecule has 0 spiro atoms. The minimum absolute atomic E-state index is 0.159. The number of nitrogens with zero attached hydrogens (tertiary/aromatic N) is 2. The quantitative estimate of drug-likeness (QED) is 0.829. The summed E-state index contributed by atoms with van der Waals surface area (Å²) in [5, 5.41) is 8.92. The molecule has 0 aliphatic heterocycles. The highest BCUT2D eigenvalue weighted by atomic mass is 16.4. The fourth-order valence-corrected chi connectivity index (χ4v) is 2.43. The molecule has 0 radical (unpaired) electrons. The first-order valence-electron chi connectivity index (χ1n) is 5.69. The number of rotatable bonds is 2. The summed E-state index contributed by atoms with van der Waals surface area (Å²) in [4.78, 5) is 19.4. The highest BCUT2D eigenvalue weighted by Crippen LogP contribution is 2.35. The van der Waals surface area contributed by atoms with Gasteiger partial charge in [-0.1, -0.05) is 0 Å². The average Bonchev–Trinajstić information content (AvgIpc) is 2.30. The largest absolute Gasteiger partial charge is 0.481 e. The van der Waals surface area contributed by atoms with Crippen molar-refractivity contribution >= 4 is 5.97 Å². The van der Waals surface area contributed by atoms with E-state index in [-0.39, 0.29) is 5.92 Å². The van der Waals surface area contributed by atoms with Gasteiger partial charge in [-0.2, -0.15) is 0 Å². The van der Waals surface area contributed by atoms with Gasteiger partial charge in [0, 0.05) is 18.3 Å². The van der Waals surface area contributed by atoms with Gasteiger partial charge >= 0.3 is 5.97 Å².